The fourth-order valence-electron chi connectivity index (χ4n) is 2.04. The molecule has 2 N–H and O–H groups in total. The van der Waals surface area contributed by atoms with Crippen molar-refractivity contribution in [2.24, 2.45) is 0 Å². The van der Waals surface area contributed by atoms with Crippen LogP contribution in [-0.4, -0.2) is 9.38 Å². The van der Waals surface area contributed by atoms with Gasteiger partial charge in [-0.15, -0.1) is 0 Å². The van der Waals surface area contributed by atoms with Gasteiger partial charge in [0.1, 0.15) is 17.3 Å². The van der Waals surface area contributed by atoms with Crippen LogP contribution in [0.15, 0.2) is 48.7 Å². The molecule has 0 radical (unpaired) electrons. The highest BCUT2D eigenvalue weighted by atomic mass is 19.1. The average molecular weight is 241 g/mol. The minimum absolute atomic E-state index is 0.232. The Hall–Kier alpha value is -2.36. The molecule has 18 heavy (non-hydrogen) atoms. The van der Waals surface area contributed by atoms with Gasteiger partial charge >= 0.3 is 0 Å². The van der Waals surface area contributed by atoms with E-state index in [4.69, 9.17) is 5.73 Å². The first-order valence-electron chi connectivity index (χ1n) is 5.70. The highest BCUT2D eigenvalue weighted by Crippen LogP contribution is 2.18. The van der Waals surface area contributed by atoms with Crippen molar-refractivity contribution in [3.8, 4) is 0 Å². The van der Waals surface area contributed by atoms with E-state index in [9.17, 15) is 4.39 Å². The molecule has 0 aliphatic rings. The highest BCUT2D eigenvalue weighted by Gasteiger charge is 2.09. The number of nitrogen functional groups attached to an aromatic ring is 1. The van der Waals surface area contributed by atoms with Crippen LogP contribution in [0.2, 0.25) is 0 Å². The van der Waals surface area contributed by atoms with Crippen molar-refractivity contribution in [3.63, 3.8) is 0 Å². The number of pyridine rings is 1. The smallest absolute Gasteiger partial charge is 0.146 e. The molecule has 0 unspecified atom stereocenters. The molecule has 0 spiro atoms. The number of halogens is 1. The van der Waals surface area contributed by atoms with E-state index in [1.54, 1.807) is 12.1 Å². The van der Waals surface area contributed by atoms with Crippen molar-refractivity contribution in [2.75, 3.05) is 5.73 Å². The van der Waals surface area contributed by atoms with E-state index < -0.39 is 0 Å². The maximum Gasteiger partial charge on any atom is 0.146 e. The summed E-state index contributed by atoms with van der Waals surface area (Å²) in [5.74, 6) is 0.287. The molecular weight excluding hydrogens is 229 g/mol. The molecule has 0 atom stereocenters. The maximum absolute atomic E-state index is 12.9. The quantitative estimate of drug-likeness (QED) is 0.749. The lowest BCUT2D eigenvalue weighted by Crippen LogP contribution is -1.98. The van der Waals surface area contributed by atoms with Crippen LogP contribution in [0, 0.1) is 5.82 Å². The minimum atomic E-state index is -0.232. The van der Waals surface area contributed by atoms with Crippen molar-refractivity contribution in [3.05, 3.63) is 65.7 Å². The molecule has 0 fully saturated rings. The molecule has 0 aliphatic carbocycles. The lowest BCUT2D eigenvalue weighted by Gasteiger charge is -2.03. The number of aromatic nitrogens is 2. The minimum Gasteiger partial charge on any atom is -0.382 e. The Bertz CT molecular complexity index is 686. The predicted octanol–water partition coefficient (Wildman–Crippen LogP) is 2.65. The maximum atomic E-state index is 12.9. The summed E-state index contributed by atoms with van der Waals surface area (Å²) in [5, 5.41) is 0. The third kappa shape index (κ3) is 1.82. The first kappa shape index (κ1) is 10.8. The van der Waals surface area contributed by atoms with Crippen LogP contribution in [0.25, 0.3) is 5.65 Å². The SMILES string of the molecule is Nc1nc2ccccn2c1Cc1ccc(F)cc1. The van der Waals surface area contributed by atoms with Crippen LogP contribution >= 0.6 is 0 Å². The first-order chi connectivity index (χ1) is 8.74. The molecule has 0 bridgehead atoms. The molecule has 0 aliphatic heterocycles. The molecule has 2 heterocycles. The van der Waals surface area contributed by atoms with E-state index in [0.29, 0.717) is 12.2 Å². The van der Waals surface area contributed by atoms with Crippen molar-refractivity contribution >= 4 is 11.5 Å². The Balaban J connectivity index is 2.04. The van der Waals surface area contributed by atoms with Crippen LogP contribution in [0.3, 0.4) is 0 Å². The number of nitrogens with two attached hydrogens (primary N) is 1. The van der Waals surface area contributed by atoms with Gasteiger partial charge in [0.2, 0.25) is 0 Å². The Kier molecular flexibility index (Phi) is 2.48. The molecule has 0 saturated carbocycles. The van der Waals surface area contributed by atoms with Crippen LogP contribution < -0.4 is 5.73 Å². The van der Waals surface area contributed by atoms with E-state index >= 15 is 0 Å². The molecule has 4 heteroatoms. The Morgan fingerprint density at radius 2 is 1.89 bits per heavy atom. The monoisotopic (exact) mass is 241 g/mol. The standard InChI is InChI=1S/C14H12FN3/c15-11-6-4-10(5-7-11)9-12-14(16)17-13-3-1-2-8-18(12)13/h1-8H,9,16H2. The van der Waals surface area contributed by atoms with Crippen LogP contribution in [-0.2, 0) is 6.42 Å². The van der Waals surface area contributed by atoms with Crippen LogP contribution in [0.1, 0.15) is 11.3 Å². The third-order valence-electron chi connectivity index (χ3n) is 2.94. The number of imidazole rings is 1. The zero-order valence-corrected chi connectivity index (χ0v) is 9.68. The Morgan fingerprint density at radius 3 is 2.67 bits per heavy atom. The lowest BCUT2D eigenvalue weighted by molar-refractivity contribution is 0.627. The van der Waals surface area contributed by atoms with Gasteiger partial charge in [-0.05, 0) is 29.8 Å². The zero-order chi connectivity index (χ0) is 12.5. The van der Waals surface area contributed by atoms with Crippen molar-refractivity contribution < 1.29 is 4.39 Å². The van der Waals surface area contributed by atoms with E-state index in [1.807, 2.05) is 28.8 Å². The van der Waals surface area contributed by atoms with Gasteiger partial charge in [0, 0.05) is 12.6 Å². The van der Waals surface area contributed by atoms with E-state index in [2.05, 4.69) is 4.98 Å². The topological polar surface area (TPSA) is 43.3 Å². The van der Waals surface area contributed by atoms with Gasteiger partial charge in [0.25, 0.3) is 0 Å². The highest BCUT2D eigenvalue weighted by molar-refractivity contribution is 5.52. The number of rotatable bonds is 2. The predicted molar refractivity (Wildman–Crippen MR) is 68.8 cm³/mol. The molecule has 2 aromatic heterocycles. The van der Waals surface area contributed by atoms with E-state index in [0.717, 1.165) is 16.9 Å². The number of benzene rings is 1. The van der Waals surface area contributed by atoms with Gasteiger partial charge in [0.05, 0.1) is 5.69 Å². The second-order valence-electron chi connectivity index (χ2n) is 4.18. The number of nitrogens with zero attached hydrogens (tertiary/aromatic N) is 2. The van der Waals surface area contributed by atoms with Crippen LogP contribution in [0.4, 0.5) is 10.2 Å². The summed E-state index contributed by atoms with van der Waals surface area (Å²) in [4.78, 5) is 4.29. The number of hydrogen-bond donors (Lipinski definition) is 1. The lowest BCUT2D eigenvalue weighted by atomic mass is 10.1. The van der Waals surface area contributed by atoms with E-state index in [1.165, 1.54) is 12.1 Å². The van der Waals surface area contributed by atoms with Crippen molar-refractivity contribution in [1.82, 2.24) is 9.38 Å². The van der Waals surface area contributed by atoms with Gasteiger partial charge in [-0.2, -0.15) is 0 Å². The molecule has 3 rings (SSSR count). The summed E-state index contributed by atoms with van der Waals surface area (Å²) in [5.41, 5.74) is 8.69. The Morgan fingerprint density at radius 1 is 1.11 bits per heavy atom. The first-order valence-corrected chi connectivity index (χ1v) is 5.70. The average Bonchev–Trinajstić information content (AvgIpc) is 2.69. The summed E-state index contributed by atoms with van der Waals surface area (Å²) < 4.78 is 14.8. The number of hydrogen-bond acceptors (Lipinski definition) is 2. The van der Waals surface area contributed by atoms with Gasteiger partial charge in [-0.25, -0.2) is 9.37 Å². The fraction of sp³-hybridized carbons (Fsp3) is 0.0714. The number of fused-ring (bicyclic) bond motifs is 1. The van der Waals surface area contributed by atoms with Gasteiger partial charge in [-0.3, -0.25) is 0 Å². The molecule has 3 nitrogen and oxygen atoms in total. The van der Waals surface area contributed by atoms with Crippen molar-refractivity contribution in [2.45, 2.75) is 6.42 Å². The molecule has 1 aromatic carbocycles. The van der Waals surface area contributed by atoms with Crippen molar-refractivity contribution in [1.29, 1.82) is 0 Å². The number of anilines is 1. The molecule has 90 valence electrons. The largest absolute Gasteiger partial charge is 0.382 e. The Labute approximate surface area is 104 Å². The summed E-state index contributed by atoms with van der Waals surface area (Å²) in [6.45, 7) is 0. The molecule has 0 amide bonds. The third-order valence-corrected chi connectivity index (χ3v) is 2.94. The van der Waals surface area contributed by atoms with E-state index in [-0.39, 0.29) is 5.82 Å². The summed E-state index contributed by atoms with van der Waals surface area (Å²) in [6.07, 6.45) is 2.56. The van der Waals surface area contributed by atoms with Gasteiger partial charge in [0.15, 0.2) is 0 Å². The zero-order valence-electron chi connectivity index (χ0n) is 9.68. The molecule has 0 saturated heterocycles. The fourth-order valence-corrected chi connectivity index (χ4v) is 2.04. The summed E-state index contributed by atoms with van der Waals surface area (Å²) >= 11 is 0. The second-order valence-corrected chi connectivity index (χ2v) is 4.18. The normalized spacial score (nSPS) is 10.9. The second kappa shape index (κ2) is 4.14. The molecule has 3 aromatic rings. The van der Waals surface area contributed by atoms with Crippen LogP contribution in [0.5, 0.6) is 0 Å². The summed E-state index contributed by atoms with van der Waals surface area (Å²) in [7, 11) is 0. The summed E-state index contributed by atoms with van der Waals surface area (Å²) in [6, 6.07) is 12.2. The van der Waals surface area contributed by atoms with Gasteiger partial charge < -0.3 is 10.1 Å². The molecular formula is C14H12FN3. The van der Waals surface area contributed by atoms with Gasteiger partial charge in [-0.1, -0.05) is 18.2 Å².